The maximum absolute atomic E-state index is 11.6. The smallest absolute Gasteiger partial charge is 0.0757 e. The third kappa shape index (κ3) is 4.28. The number of aliphatic hydroxyl groups excluding tert-OH is 2. The zero-order chi connectivity index (χ0) is 23.8. The minimum Gasteiger partial charge on any atom is -0.393 e. The lowest BCUT2D eigenvalue weighted by Crippen LogP contribution is -2.56. The van der Waals surface area contributed by atoms with Crippen molar-refractivity contribution in [1.29, 1.82) is 0 Å². The average molecular weight is 459 g/mol. The number of fused-ring (bicyclic) bond motifs is 5. The van der Waals surface area contributed by atoms with Crippen molar-refractivity contribution < 1.29 is 10.2 Å². The van der Waals surface area contributed by atoms with E-state index in [2.05, 4.69) is 40.7 Å². The first-order valence-electron chi connectivity index (χ1n) is 14.9. The third-order valence-corrected chi connectivity index (χ3v) is 11.8. The molecule has 0 heterocycles. The molecule has 0 bridgehead atoms. The molecule has 33 heavy (non-hydrogen) atoms. The van der Waals surface area contributed by atoms with E-state index < -0.39 is 0 Å². The summed E-state index contributed by atoms with van der Waals surface area (Å²) in [7, 11) is 0. The van der Waals surface area contributed by atoms with Crippen LogP contribution in [-0.4, -0.2) is 22.4 Å². The summed E-state index contributed by atoms with van der Waals surface area (Å²) in [5, 5.41) is 21.9. The lowest BCUT2D eigenvalue weighted by molar-refractivity contribution is -0.111. The second-order valence-corrected chi connectivity index (χ2v) is 12.8. The Morgan fingerprint density at radius 1 is 0.909 bits per heavy atom. The molecule has 4 rings (SSSR count). The van der Waals surface area contributed by atoms with E-state index in [4.69, 9.17) is 0 Å². The minimum atomic E-state index is -0.297. The summed E-state index contributed by atoms with van der Waals surface area (Å²) in [5.41, 5.74) is 2.11. The van der Waals surface area contributed by atoms with E-state index in [-0.39, 0.29) is 17.6 Å². The average Bonchev–Trinajstić information content (AvgIpc) is 3.19. The molecule has 10 atom stereocenters. The predicted molar refractivity (Wildman–Crippen MR) is 139 cm³/mol. The molecule has 0 aromatic rings. The molecule has 0 aromatic heterocycles. The van der Waals surface area contributed by atoms with Crippen LogP contribution in [0.5, 0.6) is 0 Å². The molecule has 2 nitrogen and oxygen atoms in total. The Kier molecular flexibility index (Phi) is 8.06. The highest BCUT2D eigenvalue weighted by Crippen LogP contribution is 2.69. The highest BCUT2D eigenvalue weighted by Gasteiger charge is 2.62. The van der Waals surface area contributed by atoms with Crippen LogP contribution in [-0.2, 0) is 0 Å². The fourth-order valence-corrected chi connectivity index (χ4v) is 10.2. The van der Waals surface area contributed by atoms with Gasteiger partial charge in [0.05, 0.1) is 12.2 Å². The van der Waals surface area contributed by atoms with Gasteiger partial charge >= 0.3 is 0 Å². The maximum Gasteiger partial charge on any atom is 0.0757 e. The van der Waals surface area contributed by atoms with Crippen LogP contribution < -0.4 is 0 Å². The predicted octanol–water partition coefficient (Wildman–Crippen LogP) is 7.92. The monoisotopic (exact) mass is 458 g/mol. The molecule has 3 fully saturated rings. The molecule has 190 valence electrons. The molecule has 0 radical (unpaired) electrons. The zero-order valence-electron chi connectivity index (χ0n) is 22.5. The highest BCUT2D eigenvalue weighted by atomic mass is 16.3. The first-order chi connectivity index (χ1) is 15.9. The van der Waals surface area contributed by atoms with Crippen LogP contribution >= 0.6 is 0 Å². The third-order valence-electron chi connectivity index (χ3n) is 11.8. The summed E-state index contributed by atoms with van der Waals surface area (Å²) in [4.78, 5) is 0. The fourth-order valence-electron chi connectivity index (χ4n) is 10.2. The molecule has 0 spiro atoms. The van der Waals surface area contributed by atoms with E-state index in [0.29, 0.717) is 23.2 Å². The van der Waals surface area contributed by atoms with Crippen molar-refractivity contribution in [3.8, 4) is 0 Å². The Hall–Kier alpha value is -0.340. The zero-order valence-corrected chi connectivity index (χ0v) is 22.5. The Bertz CT molecular complexity index is 684. The van der Waals surface area contributed by atoms with Gasteiger partial charge in [-0.3, -0.25) is 0 Å². The Labute approximate surface area is 205 Å². The number of hydrogen-bond acceptors (Lipinski definition) is 2. The number of aliphatic hydroxyl groups is 2. The first kappa shape index (κ1) is 25.7. The Morgan fingerprint density at radius 2 is 1.70 bits per heavy atom. The van der Waals surface area contributed by atoms with Crippen LogP contribution in [0.4, 0.5) is 0 Å². The van der Waals surface area contributed by atoms with Crippen molar-refractivity contribution in [2.24, 2.45) is 46.3 Å². The van der Waals surface area contributed by atoms with Gasteiger partial charge in [-0.2, -0.15) is 0 Å². The highest BCUT2D eigenvalue weighted by molar-refractivity contribution is 5.29. The second kappa shape index (κ2) is 10.3. The van der Waals surface area contributed by atoms with Gasteiger partial charge in [0.1, 0.15) is 0 Å². The van der Waals surface area contributed by atoms with Gasteiger partial charge < -0.3 is 10.2 Å². The molecule has 10 unspecified atom stereocenters. The van der Waals surface area contributed by atoms with Crippen LogP contribution in [0, 0.1) is 46.3 Å². The van der Waals surface area contributed by atoms with Gasteiger partial charge in [0, 0.05) is 0 Å². The lowest BCUT2D eigenvalue weighted by Gasteiger charge is -2.61. The molecular formula is C31H54O2. The molecule has 0 saturated heterocycles. The quantitative estimate of drug-likeness (QED) is 0.344. The van der Waals surface area contributed by atoms with E-state index in [1.165, 1.54) is 76.2 Å². The van der Waals surface area contributed by atoms with Crippen LogP contribution in [0.15, 0.2) is 11.6 Å². The van der Waals surface area contributed by atoms with Gasteiger partial charge in [-0.15, -0.1) is 0 Å². The van der Waals surface area contributed by atoms with Crippen LogP contribution in [0.3, 0.4) is 0 Å². The van der Waals surface area contributed by atoms with Crippen molar-refractivity contribution in [3.63, 3.8) is 0 Å². The number of rotatable bonds is 9. The van der Waals surface area contributed by atoms with E-state index >= 15 is 0 Å². The van der Waals surface area contributed by atoms with E-state index in [1.807, 2.05) is 0 Å². The van der Waals surface area contributed by atoms with Crippen molar-refractivity contribution >= 4 is 0 Å². The summed E-state index contributed by atoms with van der Waals surface area (Å²) in [5.74, 6) is 4.34. The maximum atomic E-state index is 11.6. The van der Waals surface area contributed by atoms with Gasteiger partial charge in [0.2, 0.25) is 0 Å². The number of hydrogen-bond donors (Lipinski definition) is 2. The molecule has 2 heteroatoms. The van der Waals surface area contributed by atoms with Gasteiger partial charge in [-0.1, -0.05) is 72.0 Å². The summed E-state index contributed by atoms with van der Waals surface area (Å²) < 4.78 is 0. The summed E-state index contributed by atoms with van der Waals surface area (Å²) in [6.07, 6.45) is 19.3. The van der Waals surface area contributed by atoms with Gasteiger partial charge in [0.25, 0.3) is 0 Å². The molecular weight excluding hydrogens is 404 g/mol. The van der Waals surface area contributed by atoms with Crippen molar-refractivity contribution in [2.45, 2.75) is 137 Å². The molecule has 0 amide bonds. The van der Waals surface area contributed by atoms with Gasteiger partial charge in [0.15, 0.2) is 0 Å². The topological polar surface area (TPSA) is 40.5 Å². The van der Waals surface area contributed by atoms with E-state index in [9.17, 15) is 10.2 Å². The fraction of sp³-hybridized carbons (Fsp3) is 0.935. The molecule has 3 saturated carbocycles. The molecule has 4 aliphatic carbocycles. The normalized spacial score (nSPS) is 44.4. The van der Waals surface area contributed by atoms with Crippen LogP contribution in [0.25, 0.3) is 0 Å². The van der Waals surface area contributed by atoms with E-state index in [0.717, 1.165) is 37.0 Å². The Balaban J connectivity index is 1.60. The summed E-state index contributed by atoms with van der Waals surface area (Å²) in [6.45, 7) is 12.1. The molecule has 4 aliphatic rings. The standard InChI is InChI=1S/C31H54O2/c1-6-10-21(5)11-12-22(7-2)25-13-14-26-29-27(16-18-31(25,26)9-4)30(8-3)17-15-24(32)19-23(30)20-28(29)33/h20-22,24-29,32-33H,6-19H2,1-5H3. The second-order valence-electron chi connectivity index (χ2n) is 12.8. The largest absolute Gasteiger partial charge is 0.393 e. The van der Waals surface area contributed by atoms with E-state index in [1.54, 1.807) is 0 Å². The summed E-state index contributed by atoms with van der Waals surface area (Å²) >= 11 is 0. The van der Waals surface area contributed by atoms with Crippen molar-refractivity contribution in [3.05, 3.63) is 11.6 Å². The molecule has 2 N–H and O–H groups in total. The summed E-state index contributed by atoms with van der Waals surface area (Å²) in [6, 6.07) is 0. The minimum absolute atomic E-state index is 0.200. The molecule has 0 aromatic carbocycles. The lowest BCUT2D eigenvalue weighted by atomic mass is 9.44. The van der Waals surface area contributed by atoms with Crippen LogP contribution in [0.2, 0.25) is 0 Å². The van der Waals surface area contributed by atoms with Gasteiger partial charge in [-0.25, -0.2) is 0 Å². The van der Waals surface area contributed by atoms with Gasteiger partial charge in [-0.05, 0) is 111 Å². The van der Waals surface area contributed by atoms with Crippen LogP contribution in [0.1, 0.15) is 125 Å². The molecule has 0 aliphatic heterocycles. The van der Waals surface area contributed by atoms with Crippen molar-refractivity contribution in [1.82, 2.24) is 0 Å². The Morgan fingerprint density at radius 3 is 2.36 bits per heavy atom. The van der Waals surface area contributed by atoms with Crippen molar-refractivity contribution in [2.75, 3.05) is 0 Å². The SMILES string of the molecule is CCCC(C)CCC(CC)C1CCC2C3C(O)C=C4CC(O)CCC4(CC)C3CCC12CC. The first-order valence-corrected chi connectivity index (χ1v) is 14.9.